The Morgan fingerprint density at radius 3 is 2.67 bits per heavy atom. The summed E-state index contributed by atoms with van der Waals surface area (Å²) in [5.41, 5.74) is 0. The first-order valence-corrected chi connectivity index (χ1v) is 6.54. The van der Waals surface area contributed by atoms with E-state index in [0.29, 0.717) is 0 Å². The second-order valence-corrected chi connectivity index (χ2v) is 5.13. The van der Waals surface area contributed by atoms with E-state index in [1.54, 1.807) is 0 Å². The Bertz CT molecular complexity index is 295. The van der Waals surface area contributed by atoms with Crippen molar-refractivity contribution in [1.82, 2.24) is 5.32 Å². The van der Waals surface area contributed by atoms with Gasteiger partial charge in [0.25, 0.3) is 0 Å². The molecular weight excluding hydrogens is 301 g/mol. The topological polar surface area (TPSA) is 21.3 Å². The molecule has 0 aliphatic heterocycles. The Balaban J connectivity index is 1.58. The summed E-state index contributed by atoms with van der Waals surface area (Å²) in [5.74, 6) is 0.974. The molecular formula is C12H16INO. The molecule has 0 amide bonds. The van der Waals surface area contributed by atoms with Gasteiger partial charge in [0.05, 0.1) is 6.61 Å². The minimum absolute atomic E-state index is 0.806. The summed E-state index contributed by atoms with van der Waals surface area (Å²) in [6, 6.07) is 8.99. The van der Waals surface area contributed by atoms with Crippen LogP contribution in [0.4, 0.5) is 0 Å². The van der Waals surface area contributed by atoms with E-state index in [1.165, 1.54) is 16.4 Å². The van der Waals surface area contributed by atoms with E-state index in [-0.39, 0.29) is 0 Å². The van der Waals surface area contributed by atoms with Crippen molar-refractivity contribution in [2.24, 2.45) is 0 Å². The normalized spacial score (nSPS) is 15.3. The van der Waals surface area contributed by atoms with Crippen molar-refractivity contribution in [2.45, 2.75) is 25.3 Å². The van der Waals surface area contributed by atoms with Gasteiger partial charge >= 0.3 is 0 Å². The van der Waals surface area contributed by atoms with Crippen LogP contribution in [-0.4, -0.2) is 19.2 Å². The van der Waals surface area contributed by atoms with Crippen molar-refractivity contribution >= 4 is 22.6 Å². The predicted octanol–water partition coefficient (Wildman–Crippen LogP) is 2.81. The third-order valence-corrected chi connectivity index (χ3v) is 3.13. The molecule has 1 aromatic carbocycles. The van der Waals surface area contributed by atoms with Crippen molar-refractivity contribution in [3.8, 4) is 5.75 Å². The predicted molar refractivity (Wildman–Crippen MR) is 70.3 cm³/mol. The van der Waals surface area contributed by atoms with Gasteiger partial charge in [-0.05, 0) is 72.7 Å². The summed E-state index contributed by atoms with van der Waals surface area (Å²) >= 11 is 2.30. The van der Waals surface area contributed by atoms with Crippen LogP contribution in [0.2, 0.25) is 0 Å². The quantitative estimate of drug-likeness (QED) is 0.643. The highest BCUT2D eigenvalue weighted by Crippen LogP contribution is 2.18. The number of rotatable bonds is 6. The van der Waals surface area contributed by atoms with Crippen LogP contribution in [0.1, 0.15) is 19.3 Å². The highest BCUT2D eigenvalue weighted by Gasteiger charge is 2.19. The second kappa shape index (κ2) is 5.70. The van der Waals surface area contributed by atoms with Crippen molar-refractivity contribution in [1.29, 1.82) is 0 Å². The number of nitrogens with one attached hydrogen (secondary N) is 1. The molecule has 1 fully saturated rings. The first-order chi connectivity index (χ1) is 7.34. The molecule has 3 heteroatoms. The van der Waals surface area contributed by atoms with Crippen LogP contribution in [0.25, 0.3) is 0 Å². The molecule has 82 valence electrons. The SMILES string of the molecule is Ic1ccc(OCCCNC2CC2)cc1. The van der Waals surface area contributed by atoms with E-state index < -0.39 is 0 Å². The van der Waals surface area contributed by atoms with Crippen LogP contribution in [-0.2, 0) is 0 Å². The monoisotopic (exact) mass is 317 g/mol. The molecule has 2 nitrogen and oxygen atoms in total. The van der Waals surface area contributed by atoms with Crippen LogP contribution in [0.15, 0.2) is 24.3 Å². The Hall–Kier alpha value is -0.290. The lowest BCUT2D eigenvalue weighted by molar-refractivity contribution is 0.308. The maximum Gasteiger partial charge on any atom is 0.119 e. The second-order valence-electron chi connectivity index (χ2n) is 3.88. The minimum atomic E-state index is 0.806. The molecule has 0 spiro atoms. The molecule has 0 unspecified atom stereocenters. The van der Waals surface area contributed by atoms with Gasteiger partial charge in [-0.15, -0.1) is 0 Å². The number of halogens is 1. The van der Waals surface area contributed by atoms with Gasteiger partial charge in [-0.1, -0.05) is 0 Å². The summed E-state index contributed by atoms with van der Waals surface area (Å²) in [6.45, 7) is 1.88. The third kappa shape index (κ3) is 4.38. The molecule has 1 saturated carbocycles. The van der Waals surface area contributed by atoms with E-state index in [9.17, 15) is 0 Å². The van der Waals surface area contributed by atoms with E-state index in [0.717, 1.165) is 31.4 Å². The maximum absolute atomic E-state index is 5.62. The first kappa shape index (κ1) is 11.2. The standard InChI is InChI=1S/C12H16INO/c13-10-2-6-12(7-3-10)15-9-1-8-14-11-4-5-11/h2-3,6-7,11,14H,1,4-5,8-9H2. The third-order valence-electron chi connectivity index (χ3n) is 2.41. The minimum Gasteiger partial charge on any atom is -0.494 e. The van der Waals surface area contributed by atoms with Gasteiger partial charge in [-0.25, -0.2) is 0 Å². The molecule has 1 N–H and O–H groups in total. The van der Waals surface area contributed by atoms with Gasteiger partial charge in [-0.3, -0.25) is 0 Å². The molecule has 0 atom stereocenters. The van der Waals surface area contributed by atoms with Gasteiger partial charge in [0, 0.05) is 9.61 Å². The lowest BCUT2D eigenvalue weighted by atomic mass is 10.3. The fourth-order valence-corrected chi connectivity index (χ4v) is 1.75. The molecule has 0 radical (unpaired) electrons. The molecule has 15 heavy (non-hydrogen) atoms. The summed E-state index contributed by atoms with van der Waals surface area (Å²) in [5, 5.41) is 3.47. The molecule has 0 bridgehead atoms. The lowest BCUT2D eigenvalue weighted by Crippen LogP contribution is -2.19. The zero-order valence-corrected chi connectivity index (χ0v) is 10.9. The summed E-state index contributed by atoms with van der Waals surface area (Å²) < 4.78 is 6.87. The van der Waals surface area contributed by atoms with Crippen LogP contribution in [0, 0.1) is 3.57 Å². The molecule has 2 rings (SSSR count). The van der Waals surface area contributed by atoms with E-state index in [1.807, 2.05) is 12.1 Å². The maximum atomic E-state index is 5.62. The average molecular weight is 317 g/mol. The summed E-state index contributed by atoms with van der Waals surface area (Å²) in [7, 11) is 0. The highest BCUT2D eigenvalue weighted by molar-refractivity contribution is 14.1. The Morgan fingerprint density at radius 2 is 2.00 bits per heavy atom. The Morgan fingerprint density at radius 1 is 1.27 bits per heavy atom. The smallest absolute Gasteiger partial charge is 0.119 e. The summed E-state index contributed by atoms with van der Waals surface area (Å²) in [6.07, 6.45) is 3.80. The van der Waals surface area contributed by atoms with Gasteiger partial charge in [0.1, 0.15) is 5.75 Å². The lowest BCUT2D eigenvalue weighted by Gasteiger charge is -2.06. The summed E-state index contributed by atoms with van der Waals surface area (Å²) in [4.78, 5) is 0. The number of hydrogen-bond acceptors (Lipinski definition) is 2. The zero-order valence-electron chi connectivity index (χ0n) is 8.71. The number of ether oxygens (including phenoxy) is 1. The van der Waals surface area contributed by atoms with Crippen molar-refractivity contribution < 1.29 is 4.74 Å². The number of benzene rings is 1. The first-order valence-electron chi connectivity index (χ1n) is 5.46. The van der Waals surface area contributed by atoms with Crippen molar-refractivity contribution in [3.05, 3.63) is 27.8 Å². The van der Waals surface area contributed by atoms with Crippen LogP contribution < -0.4 is 10.1 Å². The van der Waals surface area contributed by atoms with Gasteiger partial charge in [0.15, 0.2) is 0 Å². The van der Waals surface area contributed by atoms with Crippen molar-refractivity contribution in [3.63, 3.8) is 0 Å². The van der Waals surface area contributed by atoms with Gasteiger partial charge < -0.3 is 10.1 Å². The average Bonchev–Trinajstić information content (AvgIpc) is 3.04. The molecule has 1 aliphatic carbocycles. The largest absolute Gasteiger partial charge is 0.494 e. The molecule has 1 aromatic rings. The fraction of sp³-hybridized carbons (Fsp3) is 0.500. The van der Waals surface area contributed by atoms with Crippen LogP contribution in [0.5, 0.6) is 5.75 Å². The van der Waals surface area contributed by atoms with Gasteiger partial charge in [-0.2, -0.15) is 0 Å². The Labute approximate surface area is 105 Å². The van der Waals surface area contributed by atoms with E-state index in [2.05, 4.69) is 40.0 Å². The van der Waals surface area contributed by atoms with Gasteiger partial charge in [0.2, 0.25) is 0 Å². The molecule has 0 aromatic heterocycles. The molecule has 1 aliphatic rings. The molecule has 0 heterocycles. The van der Waals surface area contributed by atoms with E-state index in [4.69, 9.17) is 4.74 Å². The van der Waals surface area contributed by atoms with Crippen LogP contribution in [0.3, 0.4) is 0 Å². The fourth-order valence-electron chi connectivity index (χ4n) is 1.39. The Kier molecular flexibility index (Phi) is 4.26. The van der Waals surface area contributed by atoms with Crippen molar-refractivity contribution in [2.75, 3.05) is 13.2 Å². The molecule has 0 saturated heterocycles. The zero-order chi connectivity index (χ0) is 10.5. The highest BCUT2D eigenvalue weighted by atomic mass is 127. The number of hydrogen-bond donors (Lipinski definition) is 1. The van der Waals surface area contributed by atoms with E-state index >= 15 is 0 Å². The van der Waals surface area contributed by atoms with Crippen LogP contribution >= 0.6 is 22.6 Å².